The highest BCUT2D eigenvalue weighted by Gasteiger charge is 2.30. The fourth-order valence-electron chi connectivity index (χ4n) is 10.7. The number of hydrogen-bond acceptors (Lipinski definition) is 15. The van der Waals surface area contributed by atoms with Crippen LogP contribution in [0.4, 0.5) is 0 Å². The Bertz CT molecular complexity index is 1800. The molecule has 0 fully saturated rings. The van der Waals surface area contributed by atoms with Crippen LogP contribution in [0.15, 0.2) is 0 Å². The van der Waals surface area contributed by atoms with Gasteiger partial charge in [-0.2, -0.15) is 0 Å². The summed E-state index contributed by atoms with van der Waals surface area (Å²) in [4.78, 5) is 72.7. The molecular formula is C72H140O17P2. The molecule has 3 N–H and O–H groups in total. The summed E-state index contributed by atoms with van der Waals surface area (Å²) in [5, 5.41) is 10.6. The molecular weight excluding hydrogens is 1200 g/mol. The van der Waals surface area contributed by atoms with Gasteiger partial charge < -0.3 is 33.8 Å². The Morgan fingerprint density at radius 2 is 0.527 bits per heavy atom. The second-order valence-corrected chi connectivity index (χ2v) is 30.1. The molecule has 8 atom stereocenters. The van der Waals surface area contributed by atoms with Crippen molar-refractivity contribution < 1.29 is 80.2 Å². The molecule has 0 spiro atoms. The van der Waals surface area contributed by atoms with Crippen molar-refractivity contribution in [3.8, 4) is 0 Å². The van der Waals surface area contributed by atoms with Crippen molar-refractivity contribution in [3.63, 3.8) is 0 Å². The maximum absolute atomic E-state index is 13.0. The van der Waals surface area contributed by atoms with Crippen LogP contribution in [0, 0.1) is 23.7 Å². The lowest BCUT2D eigenvalue weighted by atomic mass is 9.99. The summed E-state index contributed by atoms with van der Waals surface area (Å²) in [6.45, 7) is 14.2. The van der Waals surface area contributed by atoms with Crippen molar-refractivity contribution in [2.45, 2.75) is 375 Å². The van der Waals surface area contributed by atoms with Gasteiger partial charge >= 0.3 is 39.5 Å². The van der Waals surface area contributed by atoms with E-state index in [0.29, 0.717) is 25.7 Å². The van der Waals surface area contributed by atoms with Gasteiger partial charge in [0.1, 0.15) is 19.3 Å². The first-order chi connectivity index (χ1) is 43.7. The Hall–Kier alpha value is -1.94. The van der Waals surface area contributed by atoms with Crippen LogP contribution in [-0.4, -0.2) is 96.7 Å². The molecule has 19 heteroatoms. The lowest BCUT2D eigenvalue weighted by Crippen LogP contribution is -2.30. The summed E-state index contributed by atoms with van der Waals surface area (Å²) < 4.78 is 68.4. The summed E-state index contributed by atoms with van der Waals surface area (Å²) in [5.41, 5.74) is 0. The van der Waals surface area contributed by atoms with Gasteiger partial charge in [-0.3, -0.25) is 37.3 Å². The van der Waals surface area contributed by atoms with Gasteiger partial charge in [0.2, 0.25) is 0 Å². The van der Waals surface area contributed by atoms with Crippen molar-refractivity contribution in [1.82, 2.24) is 0 Å². The maximum Gasteiger partial charge on any atom is 0.472 e. The van der Waals surface area contributed by atoms with Crippen LogP contribution < -0.4 is 0 Å². The molecule has 0 aliphatic heterocycles. The molecule has 0 heterocycles. The van der Waals surface area contributed by atoms with Crippen LogP contribution in [0.2, 0.25) is 0 Å². The third-order valence-electron chi connectivity index (χ3n) is 17.7. The van der Waals surface area contributed by atoms with Crippen LogP contribution in [0.5, 0.6) is 0 Å². The molecule has 6 unspecified atom stereocenters. The van der Waals surface area contributed by atoms with E-state index in [1.165, 1.54) is 161 Å². The van der Waals surface area contributed by atoms with E-state index in [1.807, 2.05) is 0 Å². The number of carbonyl (C=O) groups excluding carboxylic acids is 4. The van der Waals surface area contributed by atoms with Gasteiger partial charge in [0, 0.05) is 25.7 Å². The van der Waals surface area contributed by atoms with E-state index < -0.39 is 97.5 Å². The number of ether oxygens (including phenoxy) is 4. The third-order valence-corrected chi connectivity index (χ3v) is 19.6. The van der Waals surface area contributed by atoms with E-state index in [1.54, 1.807) is 0 Å². The van der Waals surface area contributed by atoms with E-state index in [9.17, 15) is 43.2 Å². The Morgan fingerprint density at radius 3 is 0.780 bits per heavy atom. The van der Waals surface area contributed by atoms with Crippen LogP contribution >= 0.6 is 15.6 Å². The van der Waals surface area contributed by atoms with Gasteiger partial charge in [-0.1, -0.05) is 306 Å². The summed E-state index contributed by atoms with van der Waals surface area (Å²) in [6, 6.07) is 0. The van der Waals surface area contributed by atoms with E-state index in [-0.39, 0.29) is 25.7 Å². The monoisotopic (exact) mass is 1340 g/mol. The zero-order chi connectivity index (χ0) is 67.5. The Morgan fingerprint density at radius 1 is 0.308 bits per heavy atom. The minimum absolute atomic E-state index is 0.104. The molecule has 0 aromatic rings. The molecule has 17 nitrogen and oxygen atoms in total. The van der Waals surface area contributed by atoms with Crippen molar-refractivity contribution in [1.29, 1.82) is 0 Å². The largest absolute Gasteiger partial charge is 0.472 e. The second-order valence-electron chi connectivity index (χ2n) is 27.2. The molecule has 0 rings (SSSR count). The number of esters is 4. The van der Waals surface area contributed by atoms with Gasteiger partial charge in [0.05, 0.1) is 26.4 Å². The summed E-state index contributed by atoms with van der Waals surface area (Å²) in [7, 11) is -9.91. The second kappa shape index (κ2) is 61.6. The SMILES string of the molecule is CCC(C)CCCCCCCCCCCCC(=O)OC[C@H](COP(=O)(O)OCC(O)COP(=O)(O)OC[C@@H](COC(=O)CCCCCCCCCCC(C)C)OC(=O)CCCCCCCCCCCCC(C)CC)OC(=O)CCCCCCCCCCC(C)CC. The van der Waals surface area contributed by atoms with Gasteiger partial charge in [-0.25, -0.2) is 9.13 Å². The molecule has 91 heavy (non-hydrogen) atoms. The number of phosphoric ester groups is 2. The van der Waals surface area contributed by atoms with Crippen molar-refractivity contribution in [2.75, 3.05) is 39.6 Å². The van der Waals surface area contributed by atoms with E-state index in [4.69, 9.17) is 37.0 Å². The molecule has 0 amide bonds. The van der Waals surface area contributed by atoms with Crippen molar-refractivity contribution in [3.05, 3.63) is 0 Å². The van der Waals surface area contributed by atoms with Gasteiger partial charge in [0.25, 0.3) is 0 Å². The molecule has 0 aliphatic rings. The first kappa shape index (κ1) is 89.1. The lowest BCUT2D eigenvalue weighted by molar-refractivity contribution is -0.161. The number of hydrogen-bond donors (Lipinski definition) is 3. The highest BCUT2D eigenvalue weighted by atomic mass is 31.2. The quantitative estimate of drug-likeness (QED) is 0.0222. The highest BCUT2D eigenvalue weighted by Crippen LogP contribution is 2.45. The standard InChI is InChI=1S/C72H140O17P2/c1-9-63(6)49-41-33-25-16-12-14-18-28-36-44-52-69(74)82-58-68(89-72(77)55-47-39-31-23-21-27-35-43-51-65(8)11-3)61-87-91(80,81)85-57-66(73)56-84-90(78,79)86-60-67(59-83-70(75)53-45-37-29-22-20-24-32-40-48-62(4)5)88-71(76)54-46-38-30-19-15-13-17-26-34-42-50-64(7)10-2/h62-68,73H,9-61H2,1-8H3,(H,78,79)(H,80,81)/t63?,64?,65?,66?,67-,68-/m1/s1. The van der Waals surface area contributed by atoms with E-state index in [2.05, 4.69) is 55.4 Å². The summed E-state index contributed by atoms with van der Waals surface area (Å²) in [5.74, 6) is 0.981. The number of rotatable bonds is 69. The molecule has 540 valence electrons. The zero-order valence-electron chi connectivity index (χ0n) is 59.5. The predicted molar refractivity (Wildman–Crippen MR) is 367 cm³/mol. The van der Waals surface area contributed by atoms with E-state index in [0.717, 1.165) is 114 Å². The van der Waals surface area contributed by atoms with Crippen LogP contribution in [0.3, 0.4) is 0 Å². The van der Waals surface area contributed by atoms with Crippen molar-refractivity contribution in [2.24, 2.45) is 23.7 Å². The minimum atomic E-state index is -4.95. The fourth-order valence-corrected chi connectivity index (χ4v) is 12.3. The van der Waals surface area contributed by atoms with Crippen molar-refractivity contribution >= 4 is 39.5 Å². The molecule has 0 radical (unpaired) electrons. The number of aliphatic hydroxyl groups excluding tert-OH is 1. The van der Waals surface area contributed by atoms with Gasteiger partial charge in [-0.05, 0) is 49.4 Å². The maximum atomic E-state index is 13.0. The molecule has 0 saturated heterocycles. The minimum Gasteiger partial charge on any atom is -0.462 e. The highest BCUT2D eigenvalue weighted by molar-refractivity contribution is 7.47. The van der Waals surface area contributed by atoms with Gasteiger partial charge in [-0.15, -0.1) is 0 Å². The van der Waals surface area contributed by atoms with Crippen LogP contribution in [0.25, 0.3) is 0 Å². The number of aliphatic hydroxyl groups is 1. The topological polar surface area (TPSA) is 237 Å². The first-order valence-electron chi connectivity index (χ1n) is 37.3. The molecule has 0 bridgehead atoms. The number of carbonyl (C=O) groups is 4. The zero-order valence-corrected chi connectivity index (χ0v) is 61.3. The summed E-state index contributed by atoms with van der Waals surface area (Å²) >= 11 is 0. The fraction of sp³-hybridized carbons (Fsp3) is 0.944. The predicted octanol–water partition coefficient (Wildman–Crippen LogP) is 20.5. The smallest absolute Gasteiger partial charge is 0.462 e. The van der Waals surface area contributed by atoms with Crippen LogP contribution in [0.1, 0.15) is 357 Å². The lowest BCUT2D eigenvalue weighted by Gasteiger charge is -2.21. The number of phosphoric acid groups is 2. The third kappa shape index (κ3) is 62.6. The molecule has 0 saturated carbocycles. The van der Waals surface area contributed by atoms with Gasteiger partial charge in [0.15, 0.2) is 12.2 Å². The molecule has 0 aromatic carbocycles. The average molecular weight is 1340 g/mol. The first-order valence-corrected chi connectivity index (χ1v) is 40.3. The number of unbranched alkanes of at least 4 members (excludes halogenated alkanes) is 32. The molecule has 0 aliphatic carbocycles. The summed E-state index contributed by atoms with van der Waals surface area (Å²) in [6.07, 6.45) is 44.2. The Balaban J connectivity index is 5.28. The normalized spacial score (nSPS) is 15.1. The van der Waals surface area contributed by atoms with Crippen LogP contribution in [-0.2, 0) is 65.4 Å². The Kier molecular flexibility index (Phi) is 60.3. The van der Waals surface area contributed by atoms with E-state index >= 15 is 0 Å². The Labute approximate surface area is 556 Å². The average Bonchev–Trinajstić information content (AvgIpc) is 3.46. The molecule has 0 aromatic heterocycles.